The lowest BCUT2D eigenvalue weighted by Crippen LogP contribution is -2.21. The molecule has 1 aliphatic heterocycles. The van der Waals surface area contributed by atoms with Gasteiger partial charge in [0.2, 0.25) is 11.8 Å². The van der Waals surface area contributed by atoms with Crippen LogP contribution in [0.1, 0.15) is 28.3 Å². The molecule has 3 aromatic rings. The largest absolute Gasteiger partial charge is 0.496 e. The van der Waals surface area contributed by atoms with Crippen LogP contribution in [0.5, 0.6) is 17.4 Å². The monoisotopic (exact) mass is 424 g/mol. The Morgan fingerprint density at radius 2 is 2.00 bits per heavy atom. The highest BCUT2D eigenvalue weighted by molar-refractivity contribution is 5.56. The molecule has 2 heterocycles. The number of hydrogen-bond acceptors (Lipinski definition) is 6. The van der Waals surface area contributed by atoms with Crippen molar-refractivity contribution in [3.63, 3.8) is 0 Å². The fourth-order valence-corrected chi connectivity index (χ4v) is 3.57. The van der Waals surface area contributed by atoms with Crippen molar-refractivity contribution in [3.8, 4) is 23.4 Å². The highest BCUT2D eigenvalue weighted by atomic mass is 19.1. The van der Waals surface area contributed by atoms with Crippen molar-refractivity contribution in [1.29, 1.82) is 5.26 Å². The number of nitrogens with two attached hydrogens (primary N) is 1. The molecule has 1 aromatic heterocycles. The number of methoxy groups -OCH3 is 1. The molecule has 0 aliphatic carbocycles. The minimum Gasteiger partial charge on any atom is -0.496 e. The number of nitrogens with zero attached hydrogens (tertiary/aromatic N) is 2. The van der Waals surface area contributed by atoms with Gasteiger partial charge in [-0.3, -0.25) is 5.10 Å². The third-order valence-corrected chi connectivity index (χ3v) is 5.04. The van der Waals surface area contributed by atoms with Crippen LogP contribution in [0.15, 0.2) is 47.9 Å². The predicted molar refractivity (Wildman–Crippen MR) is 106 cm³/mol. The lowest BCUT2D eigenvalue weighted by Gasteiger charge is -2.24. The molecule has 3 N–H and O–H groups in total. The first-order valence-electron chi connectivity index (χ1n) is 9.30. The summed E-state index contributed by atoms with van der Waals surface area (Å²) in [6, 6.07) is 10.5. The fraction of sp³-hybridized carbons (Fsp3) is 0.182. The Balaban J connectivity index is 1.73. The first-order chi connectivity index (χ1) is 14.9. The SMILES string of the molecule is COc1ccc([C@@H]2C(C#N)=C(N)Oc3n[nH]c(C)c32)cc1COc1ccc(F)cc1F. The number of allylic oxidation sites excluding steroid dienone is 1. The van der Waals surface area contributed by atoms with Gasteiger partial charge in [-0.05, 0) is 36.8 Å². The summed E-state index contributed by atoms with van der Waals surface area (Å²) in [5.74, 6) is -1.30. The summed E-state index contributed by atoms with van der Waals surface area (Å²) >= 11 is 0. The van der Waals surface area contributed by atoms with Crippen molar-refractivity contribution in [2.45, 2.75) is 19.4 Å². The second kappa shape index (κ2) is 7.99. The summed E-state index contributed by atoms with van der Waals surface area (Å²) in [5, 5.41) is 16.7. The zero-order valence-corrected chi connectivity index (χ0v) is 16.7. The molecular weight excluding hydrogens is 406 g/mol. The molecule has 0 radical (unpaired) electrons. The molecule has 0 fully saturated rings. The molecule has 1 aliphatic rings. The molecule has 0 unspecified atom stereocenters. The molecule has 158 valence electrons. The van der Waals surface area contributed by atoms with Gasteiger partial charge in [0, 0.05) is 22.9 Å². The number of fused-ring (bicyclic) bond motifs is 1. The van der Waals surface area contributed by atoms with Gasteiger partial charge in [-0.15, -0.1) is 5.10 Å². The maximum Gasteiger partial charge on any atom is 0.244 e. The Morgan fingerprint density at radius 1 is 1.23 bits per heavy atom. The van der Waals surface area contributed by atoms with Crippen LogP contribution >= 0.6 is 0 Å². The number of halogens is 2. The van der Waals surface area contributed by atoms with E-state index >= 15 is 0 Å². The van der Waals surface area contributed by atoms with Crippen molar-refractivity contribution in [1.82, 2.24) is 10.2 Å². The average Bonchev–Trinajstić information content (AvgIpc) is 3.12. The highest BCUT2D eigenvalue weighted by Gasteiger charge is 2.34. The molecule has 4 rings (SSSR count). The van der Waals surface area contributed by atoms with E-state index in [1.165, 1.54) is 13.2 Å². The van der Waals surface area contributed by atoms with Crippen molar-refractivity contribution in [3.05, 3.63) is 81.9 Å². The molecule has 0 spiro atoms. The molecule has 7 nitrogen and oxygen atoms in total. The van der Waals surface area contributed by atoms with Gasteiger partial charge in [0.05, 0.1) is 13.0 Å². The van der Waals surface area contributed by atoms with E-state index in [-0.39, 0.29) is 23.8 Å². The van der Waals surface area contributed by atoms with E-state index in [0.717, 1.165) is 23.4 Å². The number of aryl methyl sites for hydroxylation is 1. The highest BCUT2D eigenvalue weighted by Crippen LogP contribution is 2.43. The third kappa shape index (κ3) is 3.64. The van der Waals surface area contributed by atoms with Crippen LogP contribution in [0.2, 0.25) is 0 Å². The van der Waals surface area contributed by atoms with Crippen LogP contribution in [0.4, 0.5) is 8.78 Å². The minimum absolute atomic E-state index is 0.0199. The number of benzene rings is 2. The molecule has 0 amide bonds. The number of rotatable bonds is 5. The standard InChI is InChI=1S/C22H18F2N4O3/c1-11-19-20(15(9-25)21(26)31-22(19)28-27-11)12-3-5-17(29-2)13(7-12)10-30-18-6-4-14(23)8-16(18)24/h3-8,20H,10,26H2,1-2H3,(H,27,28)/t20-/m1/s1. The van der Waals surface area contributed by atoms with Crippen LogP contribution < -0.4 is 19.9 Å². The van der Waals surface area contributed by atoms with Gasteiger partial charge < -0.3 is 19.9 Å². The minimum atomic E-state index is -0.805. The lowest BCUT2D eigenvalue weighted by molar-refractivity contribution is 0.281. The normalized spacial score (nSPS) is 15.1. The van der Waals surface area contributed by atoms with Crippen LogP contribution in [0.3, 0.4) is 0 Å². The topological polar surface area (TPSA) is 106 Å². The van der Waals surface area contributed by atoms with Gasteiger partial charge in [0.1, 0.15) is 29.8 Å². The Bertz CT molecular complexity index is 1230. The van der Waals surface area contributed by atoms with Gasteiger partial charge in [-0.25, -0.2) is 8.78 Å². The molecule has 2 aromatic carbocycles. The number of aromatic nitrogens is 2. The Kier molecular flexibility index (Phi) is 5.21. The van der Waals surface area contributed by atoms with Crippen molar-refractivity contribution in [2.24, 2.45) is 5.73 Å². The second-order valence-corrected chi connectivity index (χ2v) is 6.93. The number of nitrogens with one attached hydrogen (secondary N) is 1. The Hall–Kier alpha value is -4.06. The van der Waals surface area contributed by atoms with Crippen LogP contribution in [0, 0.1) is 29.9 Å². The van der Waals surface area contributed by atoms with E-state index in [9.17, 15) is 14.0 Å². The van der Waals surface area contributed by atoms with E-state index in [2.05, 4.69) is 16.3 Å². The van der Waals surface area contributed by atoms with Crippen LogP contribution in [0.25, 0.3) is 0 Å². The van der Waals surface area contributed by atoms with Gasteiger partial charge in [-0.2, -0.15) is 5.26 Å². The summed E-state index contributed by atoms with van der Waals surface area (Å²) < 4.78 is 43.5. The van der Waals surface area contributed by atoms with Gasteiger partial charge >= 0.3 is 0 Å². The van der Waals surface area contributed by atoms with E-state index < -0.39 is 17.6 Å². The zero-order valence-electron chi connectivity index (χ0n) is 16.7. The maximum atomic E-state index is 13.9. The summed E-state index contributed by atoms with van der Waals surface area (Å²) in [7, 11) is 1.50. The van der Waals surface area contributed by atoms with Gasteiger partial charge in [0.15, 0.2) is 11.6 Å². The van der Waals surface area contributed by atoms with E-state index in [1.54, 1.807) is 18.2 Å². The molecule has 31 heavy (non-hydrogen) atoms. The molecule has 9 heteroatoms. The zero-order chi connectivity index (χ0) is 22.1. The first-order valence-corrected chi connectivity index (χ1v) is 9.30. The maximum absolute atomic E-state index is 13.9. The number of H-pyrrole nitrogens is 1. The smallest absolute Gasteiger partial charge is 0.244 e. The predicted octanol–water partition coefficient (Wildman–Crippen LogP) is 3.80. The van der Waals surface area contributed by atoms with E-state index in [1.807, 2.05) is 6.92 Å². The van der Waals surface area contributed by atoms with Gasteiger partial charge in [0.25, 0.3) is 0 Å². The van der Waals surface area contributed by atoms with E-state index in [4.69, 9.17) is 19.9 Å². The summed E-state index contributed by atoms with van der Waals surface area (Å²) in [6.07, 6.45) is 0. The van der Waals surface area contributed by atoms with E-state index in [0.29, 0.717) is 22.8 Å². The summed E-state index contributed by atoms with van der Waals surface area (Å²) in [4.78, 5) is 0. The van der Waals surface area contributed by atoms with Crippen molar-refractivity contribution < 1.29 is 23.0 Å². The molecule has 0 saturated carbocycles. The second-order valence-electron chi connectivity index (χ2n) is 6.93. The van der Waals surface area contributed by atoms with Crippen molar-refractivity contribution in [2.75, 3.05) is 7.11 Å². The quantitative estimate of drug-likeness (QED) is 0.645. The number of hydrogen-bond donors (Lipinski definition) is 2. The lowest BCUT2D eigenvalue weighted by atomic mass is 9.83. The number of nitriles is 1. The Labute approximate surface area is 176 Å². The number of aromatic amines is 1. The molecular formula is C22H18F2N4O3. The number of ether oxygens (including phenoxy) is 3. The molecule has 0 bridgehead atoms. The Morgan fingerprint density at radius 3 is 2.71 bits per heavy atom. The van der Waals surface area contributed by atoms with Gasteiger partial charge in [-0.1, -0.05) is 6.07 Å². The van der Waals surface area contributed by atoms with Crippen LogP contribution in [-0.4, -0.2) is 17.3 Å². The average molecular weight is 424 g/mol. The van der Waals surface area contributed by atoms with Crippen LogP contribution in [-0.2, 0) is 6.61 Å². The molecule has 0 saturated heterocycles. The molecule has 1 atom stereocenters. The first kappa shape index (κ1) is 20.2. The summed E-state index contributed by atoms with van der Waals surface area (Å²) in [6.45, 7) is 1.78. The third-order valence-electron chi connectivity index (χ3n) is 5.04. The fourth-order valence-electron chi connectivity index (χ4n) is 3.57. The summed E-state index contributed by atoms with van der Waals surface area (Å²) in [5.41, 5.74) is 8.98. The van der Waals surface area contributed by atoms with Crippen molar-refractivity contribution >= 4 is 0 Å².